The van der Waals surface area contributed by atoms with Gasteiger partial charge in [-0.2, -0.15) is 13.2 Å². The highest BCUT2D eigenvalue weighted by Crippen LogP contribution is 2.24. The minimum atomic E-state index is -5.08. The van der Waals surface area contributed by atoms with Crippen molar-refractivity contribution in [2.45, 2.75) is 38.6 Å². The third-order valence-electron chi connectivity index (χ3n) is 5.18. The quantitative estimate of drug-likeness (QED) is 0.595. The first-order chi connectivity index (χ1) is 15.2. The molecule has 1 aliphatic heterocycles. The predicted octanol–water partition coefficient (Wildman–Crippen LogP) is 5.22. The molecule has 4 rings (SSSR count). The number of alkyl halides is 3. The zero-order valence-electron chi connectivity index (χ0n) is 17.7. The van der Waals surface area contributed by atoms with E-state index in [1.54, 1.807) is 0 Å². The maximum absolute atomic E-state index is 10.6. The SMILES string of the molecule is Cc1cccc(CN2CCC(Oc3ccc4cnccc4c3)CC2)c1.O=C(O)C(F)(F)F. The fraction of sp³-hybridized carbons (Fsp3) is 0.333. The summed E-state index contributed by atoms with van der Waals surface area (Å²) < 4.78 is 38.0. The number of aromatic nitrogens is 1. The normalized spacial score (nSPS) is 15.1. The van der Waals surface area contributed by atoms with Crippen molar-refractivity contribution in [3.63, 3.8) is 0 Å². The molecule has 1 N–H and O–H groups in total. The van der Waals surface area contributed by atoms with Gasteiger partial charge in [-0.25, -0.2) is 4.79 Å². The first kappa shape index (κ1) is 23.5. The summed E-state index contributed by atoms with van der Waals surface area (Å²) in [6, 6.07) is 17.1. The smallest absolute Gasteiger partial charge is 0.490 e. The Balaban J connectivity index is 0.000000360. The van der Waals surface area contributed by atoms with Crippen LogP contribution in [0.2, 0.25) is 0 Å². The molecule has 0 aliphatic carbocycles. The number of ether oxygens (including phenoxy) is 1. The van der Waals surface area contributed by atoms with Crippen LogP contribution in [0.3, 0.4) is 0 Å². The molecule has 0 bridgehead atoms. The summed E-state index contributed by atoms with van der Waals surface area (Å²) in [5.74, 6) is -1.79. The zero-order chi connectivity index (χ0) is 23.1. The highest BCUT2D eigenvalue weighted by molar-refractivity contribution is 5.82. The van der Waals surface area contributed by atoms with Crippen molar-refractivity contribution in [3.05, 3.63) is 72.1 Å². The Morgan fingerprint density at radius 1 is 1.12 bits per heavy atom. The number of nitrogens with zero attached hydrogens (tertiary/aromatic N) is 2. The molecular weight excluding hydrogens is 421 g/mol. The number of carboxylic acid groups (broad SMARTS) is 1. The van der Waals surface area contributed by atoms with Gasteiger partial charge in [-0.05, 0) is 55.0 Å². The van der Waals surface area contributed by atoms with Crippen molar-refractivity contribution in [2.75, 3.05) is 13.1 Å². The predicted molar refractivity (Wildman–Crippen MR) is 116 cm³/mol. The second-order valence-electron chi connectivity index (χ2n) is 7.77. The molecule has 0 amide bonds. The van der Waals surface area contributed by atoms with Crippen LogP contribution in [0.1, 0.15) is 24.0 Å². The number of hydrogen-bond acceptors (Lipinski definition) is 4. The molecule has 5 nitrogen and oxygen atoms in total. The lowest BCUT2D eigenvalue weighted by Crippen LogP contribution is -2.37. The molecule has 170 valence electrons. The van der Waals surface area contributed by atoms with Gasteiger partial charge in [-0.15, -0.1) is 0 Å². The van der Waals surface area contributed by atoms with E-state index in [9.17, 15) is 13.2 Å². The summed E-state index contributed by atoms with van der Waals surface area (Å²) in [6.45, 7) is 5.38. The van der Waals surface area contributed by atoms with Crippen LogP contribution in [0, 0.1) is 6.92 Å². The molecule has 1 saturated heterocycles. The first-order valence-corrected chi connectivity index (χ1v) is 10.3. The van der Waals surface area contributed by atoms with E-state index in [4.69, 9.17) is 14.6 Å². The van der Waals surface area contributed by atoms with Gasteiger partial charge >= 0.3 is 12.1 Å². The molecule has 0 atom stereocenters. The lowest BCUT2D eigenvalue weighted by molar-refractivity contribution is -0.192. The highest BCUT2D eigenvalue weighted by Gasteiger charge is 2.38. The minimum Gasteiger partial charge on any atom is -0.490 e. The molecule has 2 aromatic carbocycles. The summed E-state index contributed by atoms with van der Waals surface area (Å²) in [5.41, 5.74) is 2.74. The fourth-order valence-electron chi connectivity index (χ4n) is 3.58. The number of benzene rings is 2. The molecule has 32 heavy (non-hydrogen) atoms. The van der Waals surface area contributed by atoms with Crippen molar-refractivity contribution in [3.8, 4) is 5.75 Å². The van der Waals surface area contributed by atoms with Crippen LogP contribution in [0.25, 0.3) is 10.8 Å². The topological polar surface area (TPSA) is 62.7 Å². The first-order valence-electron chi connectivity index (χ1n) is 10.3. The minimum absolute atomic E-state index is 0.313. The van der Waals surface area contributed by atoms with Gasteiger partial charge in [0.1, 0.15) is 11.9 Å². The van der Waals surface area contributed by atoms with Gasteiger partial charge in [-0.1, -0.05) is 29.8 Å². The average molecular weight is 446 g/mol. The molecular formula is C24H25F3N2O3. The number of piperidine rings is 1. The Morgan fingerprint density at radius 2 is 1.84 bits per heavy atom. The Labute approximate surface area is 184 Å². The van der Waals surface area contributed by atoms with Gasteiger partial charge in [0, 0.05) is 37.4 Å². The molecule has 2 heterocycles. The number of aryl methyl sites for hydroxylation is 1. The summed E-state index contributed by atoms with van der Waals surface area (Å²) in [7, 11) is 0. The van der Waals surface area contributed by atoms with Crippen LogP contribution in [0.15, 0.2) is 60.9 Å². The van der Waals surface area contributed by atoms with Crippen LogP contribution >= 0.6 is 0 Å². The van der Waals surface area contributed by atoms with E-state index < -0.39 is 12.1 Å². The molecule has 1 aromatic heterocycles. The molecule has 3 aromatic rings. The van der Waals surface area contributed by atoms with Crippen LogP contribution in [0.5, 0.6) is 5.75 Å². The van der Waals surface area contributed by atoms with E-state index in [0.717, 1.165) is 43.6 Å². The van der Waals surface area contributed by atoms with Crippen molar-refractivity contribution in [1.82, 2.24) is 9.88 Å². The van der Waals surface area contributed by atoms with Crippen LogP contribution in [0.4, 0.5) is 13.2 Å². The van der Waals surface area contributed by atoms with E-state index in [2.05, 4.69) is 59.3 Å². The third-order valence-corrected chi connectivity index (χ3v) is 5.18. The van der Waals surface area contributed by atoms with E-state index in [-0.39, 0.29) is 0 Å². The monoisotopic (exact) mass is 446 g/mol. The summed E-state index contributed by atoms with van der Waals surface area (Å²) in [4.78, 5) is 15.6. The molecule has 8 heteroatoms. The molecule has 0 saturated carbocycles. The van der Waals surface area contributed by atoms with Crippen LogP contribution in [-0.2, 0) is 11.3 Å². The van der Waals surface area contributed by atoms with Crippen molar-refractivity contribution in [1.29, 1.82) is 0 Å². The number of rotatable bonds is 4. The maximum atomic E-state index is 10.6. The van der Waals surface area contributed by atoms with Crippen LogP contribution < -0.4 is 4.74 Å². The average Bonchev–Trinajstić information content (AvgIpc) is 2.75. The number of aliphatic carboxylic acids is 1. The van der Waals surface area contributed by atoms with E-state index >= 15 is 0 Å². The summed E-state index contributed by atoms with van der Waals surface area (Å²) in [6.07, 6.45) is 1.12. The van der Waals surface area contributed by atoms with Gasteiger partial charge in [-0.3, -0.25) is 9.88 Å². The highest BCUT2D eigenvalue weighted by atomic mass is 19.4. The number of likely N-dealkylation sites (tertiary alicyclic amines) is 1. The molecule has 0 radical (unpaired) electrons. The van der Waals surface area contributed by atoms with Gasteiger partial charge < -0.3 is 9.84 Å². The van der Waals surface area contributed by atoms with Gasteiger partial charge in [0.2, 0.25) is 0 Å². The Morgan fingerprint density at radius 3 is 2.50 bits per heavy atom. The Kier molecular flexibility index (Phi) is 7.69. The third kappa shape index (κ3) is 6.95. The summed E-state index contributed by atoms with van der Waals surface area (Å²) >= 11 is 0. The maximum Gasteiger partial charge on any atom is 0.490 e. The number of halogens is 3. The number of fused-ring (bicyclic) bond motifs is 1. The van der Waals surface area contributed by atoms with Gasteiger partial charge in [0.05, 0.1) is 0 Å². The van der Waals surface area contributed by atoms with Crippen molar-refractivity contribution in [2.24, 2.45) is 0 Å². The fourth-order valence-corrected chi connectivity index (χ4v) is 3.58. The number of pyridine rings is 1. The van der Waals surface area contributed by atoms with Gasteiger partial charge in [0.25, 0.3) is 0 Å². The lowest BCUT2D eigenvalue weighted by Gasteiger charge is -2.32. The van der Waals surface area contributed by atoms with E-state index in [1.165, 1.54) is 16.5 Å². The molecule has 1 aliphatic rings. The standard InChI is InChI=1S/C22H24N2O.C2HF3O2/c1-17-3-2-4-18(13-17)16-24-11-8-21(9-12-24)25-22-6-5-20-15-23-10-7-19(20)14-22;3-2(4,5)1(6)7/h2-7,10,13-15,21H,8-9,11-12,16H2,1H3;(H,6,7). The second-order valence-corrected chi connectivity index (χ2v) is 7.77. The molecule has 0 spiro atoms. The number of carbonyl (C=O) groups is 1. The van der Waals surface area contributed by atoms with Crippen LogP contribution in [-0.4, -0.2) is 46.3 Å². The molecule has 0 unspecified atom stereocenters. The molecule has 1 fully saturated rings. The number of carboxylic acids is 1. The van der Waals surface area contributed by atoms with Gasteiger partial charge in [0.15, 0.2) is 0 Å². The largest absolute Gasteiger partial charge is 0.490 e. The number of hydrogen-bond donors (Lipinski definition) is 1. The van der Waals surface area contributed by atoms with E-state index in [1.807, 2.05) is 18.5 Å². The zero-order valence-corrected chi connectivity index (χ0v) is 17.7. The van der Waals surface area contributed by atoms with Crippen molar-refractivity contribution >= 4 is 16.7 Å². The second kappa shape index (κ2) is 10.5. The Bertz CT molecular complexity index is 1050. The summed E-state index contributed by atoms with van der Waals surface area (Å²) in [5, 5.41) is 9.47. The van der Waals surface area contributed by atoms with E-state index in [0.29, 0.717) is 6.10 Å². The van der Waals surface area contributed by atoms with Crippen molar-refractivity contribution < 1.29 is 27.8 Å². The Hall–Kier alpha value is -3.13. The lowest BCUT2D eigenvalue weighted by atomic mass is 10.1.